The predicted octanol–water partition coefficient (Wildman–Crippen LogP) is 5.12. The van der Waals surface area contributed by atoms with E-state index in [1.54, 1.807) is 53.4 Å². The van der Waals surface area contributed by atoms with Crippen molar-refractivity contribution in [1.29, 1.82) is 0 Å². The summed E-state index contributed by atoms with van der Waals surface area (Å²) in [6.45, 7) is 4.10. The molecule has 234 valence electrons. The Kier molecular flexibility index (Phi) is 11.2. The molecule has 0 aliphatic carbocycles. The Bertz CT molecular complexity index is 1520. The molecule has 0 aromatic heterocycles. The number of carbonyl (C=O) groups excluding carboxylic acids is 2. The molecule has 2 amide bonds. The van der Waals surface area contributed by atoms with Crippen molar-refractivity contribution in [2.75, 3.05) is 6.54 Å². The normalized spacial score (nSPS) is 13.5. The number of carbonyl (C=O) groups is 2. The van der Waals surface area contributed by atoms with E-state index in [9.17, 15) is 19.8 Å². The zero-order valence-corrected chi connectivity index (χ0v) is 25.6. The van der Waals surface area contributed by atoms with Gasteiger partial charge in [0.2, 0.25) is 11.8 Å². The molecule has 1 unspecified atom stereocenters. The summed E-state index contributed by atoms with van der Waals surface area (Å²) in [6.07, 6.45) is 0.709. The molecule has 45 heavy (non-hydrogen) atoms. The average Bonchev–Trinajstić information content (AvgIpc) is 3.04. The highest BCUT2D eigenvalue weighted by atomic mass is 16.3. The maximum atomic E-state index is 14.7. The number of hydrogen-bond donors (Lipinski definition) is 5. The molecule has 3 atom stereocenters. The fourth-order valence-electron chi connectivity index (χ4n) is 5.46. The molecule has 0 radical (unpaired) electrons. The molecular weight excluding hydrogens is 566 g/mol. The van der Waals surface area contributed by atoms with Crippen molar-refractivity contribution in [3.05, 3.63) is 131 Å². The minimum Gasteiger partial charge on any atom is -0.508 e. The highest BCUT2D eigenvalue weighted by Crippen LogP contribution is 2.34. The summed E-state index contributed by atoms with van der Waals surface area (Å²) in [5.41, 5.74) is 15.4. The van der Waals surface area contributed by atoms with E-state index in [1.165, 1.54) is 0 Å². The standard InChI is InChI=1S/C36H41N5O4/c1-24(26-15-19-30(42)20-16-26)40-36(38)39-23-9-14-32(34(37)44)41(25(2)27-17-21-31(43)22-18-27)35(45)33(28-10-5-3-6-11-28)29-12-7-4-8-13-29/h3-8,10-13,15-22,24-25,32-33,42-43H,9,14,23H2,1-2H3,(H2,37,44)(H3,38,39,40)/t24?,25-,32-/m1/s1. The molecule has 0 saturated carbocycles. The third kappa shape index (κ3) is 8.63. The van der Waals surface area contributed by atoms with Crippen molar-refractivity contribution in [3.8, 4) is 11.5 Å². The van der Waals surface area contributed by atoms with Crippen LogP contribution in [0.2, 0.25) is 0 Å². The van der Waals surface area contributed by atoms with Crippen LogP contribution in [0.4, 0.5) is 0 Å². The minimum absolute atomic E-state index is 0.102. The molecule has 7 N–H and O–H groups in total. The summed E-state index contributed by atoms with van der Waals surface area (Å²) in [5, 5.41) is 22.6. The van der Waals surface area contributed by atoms with Gasteiger partial charge in [-0.2, -0.15) is 0 Å². The summed E-state index contributed by atoms with van der Waals surface area (Å²) in [6, 6.07) is 30.8. The van der Waals surface area contributed by atoms with Gasteiger partial charge in [0.05, 0.1) is 18.0 Å². The topological polar surface area (TPSA) is 154 Å². The quantitative estimate of drug-likeness (QED) is 0.0808. The summed E-state index contributed by atoms with van der Waals surface area (Å²) in [5.74, 6) is -1.03. The van der Waals surface area contributed by atoms with Crippen molar-refractivity contribution in [1.82, 2.24) is 10.2 Å². The first-order valence-electron chi connectivity index (χ1n) is 15.0. The van der Waals surface area contributed by atoms with Crippen LogP contribution in [0.15, 0.2) is 114 Å². The number of benzene rings is 4. The Balaban J connectivity index is 1.59. The van der Waals surface area contributed by atoms with E-state index in [4.69, 9.17) is 11.5 Å². The fourth-order valence-corrected chi connectivity index (χ4v) is 5.46. The number of nitrogens with two attached hydrogens (primary N) is 2. The van der Waals surface area contributed by atoms with Crippen LogP contribution in [0.3, 0.4) is 0 Å². The van der Waals surface area contributed by atoms with Crippen LogP contribution in [-0.4, -0.2) is 45.5 Å². The second-order valence-corrected chi connectivity index (χ2v) is 11.1. The molecule has 0 bridgehead atoms. The number of amides is 2. The zero-order valence-electron chi connectivity index (χ0n) is 25.6. The van der Waals surface area contributed by atoms with Gasteiger partial charge in [0.1, 0.15) is 17.5 Å². The molecule has 9 heteroatoms. The van der Waals surface area contributed by atoms with Gasteiger partial charge >= 0.3 is 0 Å². The van der Waals surface area contributed by atoms with Gasteiger partial charge in [-0.25, -0.2) is 0 Å². The number of aromatic hydroxyl groups is 2. The molecule has 4 aromatic rings. The molecule has 9 nitrogen and oxygen atoms in total. The Hall–Kier alpha value is -5.31. The minimum atomic E-state index is -0.934. The van der Waals surface area contributed by atoms with Crippen LogP contribution >= 0.6 is 0 Å². The van der Waals surface area contributed by atoms with E-state index >= 15 is 0 Å². The Labute approximate surface area is 264 Å². The van der Waals surface area contributed by atoms with E-state index in [-0.39, 0.29) is 35.8 Å². The van der Waals surface area contributed by atoms with Gasteiger partial charge < -0.3 is 31.9 Å². The number of phenols is 2. The van der Waals surface area contributed by atoms with Crippen LogP contribution in [0.5, 0.6) is 11.5 Å². The molecule has 0 fully saturated rings. The largest absolute Gasteiger partial charge is 0.508 e. The molecule has 0 spiro atoms. The maximum absolute atomic E-state index is 14.7. The van der Waals surface area contributed by atoms with Crippen molar-refractivity contribution in [2.24, 2.45) is 16.5 Å². The molecule has 0 aliphatic heterocycles. The number of rotatable bonds is 13. The van der Waals surface area contributed by atoms with Gasteiger partial charge in [0, 0.05) is 6.54 Å². The smallest absolute Gasteiger partial charge is 0.240 e. The van der Waals surface area contributed by atoms with Gasteiger partial charge in [-0.3, -0.25) is 14.6 Å². The number of nitrogens with one attached hydrogen (secondary N) is 1. The van der Waals surface area contributed by atoms with Crippen molar-refractivity contribution >= 4 is 17.8 Å². The lowest BCUT2D eigenvalue weighted by Gasteiger charge is -2.38. The van der Waals surface area contributed by atoms with Crippen LogP contribution in [0, 0.1) is 0 Å². The zero-order chi connectivity index (χ0) is 32.3. The molecule has 0 aliphatic rings. The van der Waals surface area contributed by atoms with Crippen molar-refractivity contribution in [3.63, 3.8) is 0 Å². The first-order chi connectivity index (χ1) is 21.7. The van der Waals surface area contributed by atoms with Crippen LogP contribution in [0.25, 0.3) is 0 Å². The Morgan fingerprint density at radius 3 is 1.71 bits per heavy atom. The van der Waals surface area contributed by atoms with Crippen LogP contribution in [-0.2, 0) is 9.59 Å². The van der Waals surface area contributed by atoms with E-state index in [0.717, 1.165) is 22.3 Å². The molecular formula is C36H41N5O4. The summed E-state index contributed by atoms with van der Waals surface area (Å²) < 4.78 is 0. The summed E-state index contributed by atoms with van der Waals surface area (Å²) >= 11 is 0. The highest BCUT2D eigenvalue weighted by molar-refractivity contribution is 5.92. The van der Waals surface area contributed by atoms with E-state index in [2.05, 4.69) is 10.3 Å². The van der Waals surface area contributed by atoms with E-state index in [0.29, 0.717) is 13.0 Å². The number of aliphatic imine (C=N–C) groups is 1. The van der Waals surface area contributed by atoms with Crippen molar-refractivity contribution < 1.29 is 19.8 Å². The summed E-state index contributed by atoms with van der Waals surface area (Å²) in [7, 11) is 0. The van der Waals surface area contributed by atoms with Crippen molar-refractivity contribution in [2.45, 2.75) is 50.7 Å². The first-order valence-corrected chi connectivity index (χ1v) is 15.0. The Morgan fingerprint density at radius 1 is 0.733 bits per heavy atom. The number of primary amides is 1. The summed E-state index contributed by atoms with van der Waals surface area (Å²) in [4.78, 5) is 33.8. The van der Waals surface area contributed by atoms with Crippen LogP contribution in [0.1, 0.15) is 66.9 Å². The Morgan fingerprint density at radius 2 is 1.22 bits per heavy atom. The fraction of sp³-hybridized carbons (Fsp3) is 0.250. The lowest BCUT2D eigenvalue weighted by Crippen LogP contribution is -2.50. The third-order valence-electron chi connectivity index (χ3n) is 7.90. The molecule has 0 saturated heterocycles. The SMILES string of the molecule is CC(NC(N)=NCCC[C@H](C(N)=O)N(C(=O)C(c1ccccc1)c1ccccc1)[C@H](C)c1ccc(O)cc1)c1ccc(O)cc1. The van der Waals surface area contributed by atoms with Gasteiger partial charge in [-0.15, -0.1) is 0 Å². The highest BCUT2D eigenvalue weighted by Gasteiger charge is 2.37. The van der Waals surface area contributed by atoms with Crippen LogP contribution < -0.4 is 16.8 Å². The third-order valence-corrected chi connectivity index (χ3v) is 7.90. The number of phenolic OH excluding ortho intramolecular Hbond substituents is 2. The molecule has 4 aromatic carbocycles. The van der Waals surface area contributed by atoms with E-state index < -0.39 is 23.9 Å². The number of hydrogen-bond acceptors (Lipinski definition) is 5. The molecule has 0 heterocycles. The number of guanidine groups is 1. The first kappa shape index (κ1) is 32.6. The van der Waals surface area contributed by atoms with Gasteiger partial charge in [0.15, 0.2) is 5.96 Å². The van der Waals surface area contributed by atoms with Gasteiger partial charge in [-0.05, 0) is 73.2 Å². The van der Waals surface area contributed by atoms with Gasteiger partial charge in [0.25, 0.3) is 0 Å². The lowest BCUT2D eigenvalue weighted by molar-refractivity contribution is -0.142. The lowest BCUT2D eigenvalue weighted by atomic mass is 9.88. The second kappa shape index (κ2) is 15.4. The second-order valence-electron chi connectivity index (χ2n) is 11.1. The monoisotopic (exact) mass is 607 g/mol. The molecule has 4 rings (SSSR count). The average molecular weight is 608 g/mol. The van der Waals surface area contributed by atoms with E-state index in [1.807, 2.05) is 74.5 Å². The van der Waals surface area contributed by atoms with Gasteiger partial charge in [-0.1, -0.05) is 84.9 Å². The predicted molar refractivity (Wildman–Crippen MR) is 176 cm³/mol. The number of nitrogens with zero attached hydrogens (tertiary/aromatic N) is 2. The maximum Gasteiger partial charge on any atom is 0.240 e.